The van der Waals surface area contributed by atoms with Crippen molar-refractivity contribution in [3.05, 3.63) is 34.5 Å². The molecule has 0 amide bonds. The van der Waals surface area contributed by atoms with Crippen LogP contribution in [0.25, 0.3) is 10.9 Å². The molecule has 1 heterocycles. The zero-order chi connectivity index (χ0) is 12.7. The SMILES string of the molecule is CCC(=O)n1c2c(c3cc(Cl)ccc31)CCCC2. The van der Waals surface area contributed by atoms with Crippen LogP contribution >= 0.6 is 11.6 Å². The van der Waals surface area contributed by atoms with E-state index in [1.807, 2.05) is 29.7 Å². The smallest absolute Gasteiger partial charge is 0.231 e. The maximum Gasteiger partial charge on any atom is 0.231 e. The predicted octanol–water partition coefficient (Wildman–Crippen LogP) is 4.22. The topological polar surface area (TPSA) is 22.0 Å². The standard InChI is InChI=1S/C15H16ClNO/c1-2-15(18)17-13-6-4-3-5-11(13)12-9-10(16)7-8-14(12)17/h7-9H,2-6H2,1H3. The molecule has 94 valence electrons. The normalized spacial score (nSPS) is 14.8. The Hall–Kier alpha value is -1.28. The minimum Gasteiger partial charge on any atom is -0.284 e. The molecule has 0 fully saturated rings. The van der Waals surface area contributed by atoms with Gasteiger partial charge < -0.3 is 0 Å². The van der Waals surface area contributed by atoms with Crippen molar-refractivity contribution in [3.8, 4) is 0 Å². The van der Waals surface area contributed by atoms with E-state index in [1.165, 1.54) is 29.5 Å². The van der Waals surface area contributed by atoms with Gasteiger partial charge in [0.1, 0.15) is 0 Å². The van der Waals surface area contributed by atoms with Crippen molar-refractivity contribution in [2.75, 3.05) is 0 Å². The van der Waals surface area contributed by atoms with E-state index < -0.39 is 0 Å². The van der Waals surface area contributed by atoms with E-state index in [4.69, 9.17) is 11.6 Å². The average molecular weight is 262 g/mol. The van der Waals surface area contributed by atoms with Crippen LogP contribution in [0, 0.1) is 0 Å². The van der Waals surface area contributed by atoms with Gasteiger partial charge in [-0.1, -0.05) is 18.5 Å². The lowest BCUT2D eigenvalue weighted by atomic mass is 9.95. The summed E-state index contributed by atoms with van der Waals surface area (Å²) in [6.07, 6.45) is 5.00. The highest BCUT2D eigenvalue weighted by Gasteiger charge is 2.22. The first-order chi connectivity index (χ1) is 8.72. The molecule has 1 aromatic carbocycles. The summed E-state index contributed by atoms with van der Waals surface area (Å²) < 4.78 is 1.92. The number of aryl methyl sites for hydroxylation is 1. The third-order valence-corrected chi connectivity index (χ3v) is 4.02. The van der Waals surface area contributed by atoms with Gasteiger partial charge in [-0.15, -0.1) is 0 Å². The Balaban J connectivity index is 2.36. The molecule has 0 atom stereocenters. The van der Waals surface area contributed by atoms with Crippen LogP contribution in [0.3, 0.4) is 0 Å². The molecular weight excluding hydrogens is 246 g/mol. The monoisotopic (exact) mass is 261 g/mol. The summed E-state index contributed by atoms with van der Waals surface area (Å²) in [6, 6.07) is 5.85. The molecule has 2 nitrogen and oxygen atoms in total. The summed E-state index contributed by atoms with van der Waals surface area (Å²) in [6.45, 7) is 1.92. The molecule has 0 saturated heterocycles. The van der Waals surface area contributed by atoms with E-state index in [0.29, 0.717) is 6.42 Å². The zero-order valence-electron chi connectivity index (χ0n) is 10.5. The van der Waals surface area contributed by atoms with Gasteiger partial charge in [0.25, 0.3) is 0 Å². The van der Waals surface area contributed by atoms with Crippen molar-refractivity contribution in [2.24, 2.45) is 0 Å². The van der Waals surface area contributed by atoms with Gasteiger partial charge in [0.2, 0.25) is 5.91 Å². The van der Waals surface area contributed by atoms with Crippen LogP contribution in [-0.4, -0.2) is 10.5 Å². The Labute approximate surface area is 112 Å². The summed E-state index contributed by atoms with van der Waals surface area (Å²) >= 11 is 6.09. The first-order valence-electron chi connectivity index (χ1n) is 6.57. The molecule has 0 unspecified atom stereocenters. The Kier molecular flexibility index (Phi) is 2.90. The molecule has 0 saturated carbocycles. The molecule has 18 heavy (non-hydrogen) atoms. The number of nitrogens with zero attached hydrogens (tertiary/aromatic N) is 1. The summed E-state index contributed by atoms with van der Waals surface area (Å²) in [7, 11) is 0. The maximum atomic E-state index is 12.2. The second-order valence-electron chi connectivity index (χ2n) is 4.88. The van der Waals surface area contributed by atoms with Gasteiger partial charge in [-0.3, -0.25) is 9.36 Å². The number of aromatic nitrogens is 1. The highest BCUT2D eigenvalue weighted by atomic mass is 35.5. The number of carbonyl (C=O) groups is 1. The van der Waals surface area contributed by atoms with E-state index in [9.17, 15) is 4.79 Å². The second-order valence-corrected chi connectivity index (χ2v) is 5.31. The molecule has 1 aliphatic carbocycles. The lowest BCUT2D eigenvalue weighted by molar-refractivity contribution is 0.0910. The van der Waals surface area contributed by atoms with Crippen molar-refractivity contribution in [1.29, 1.82) is 0 Å². The Morgan fingerprint density at radius 2 is 2.11 bits per heavy atom. The van der Waals surface area contributed by atoms with E-state index in [2.05, 4.69) is 0 Å². The van der Waals surface area contributed by atoms with Gasteiger partial charge in [0.05, 0.1) is 5.52 Å². The molecule has 1 aromatic heterocycles. The number of rotatable bonds is 1. The highest BCUT2D eigenvalue weighted by molar-refractivity contribution is 6.31. The summed E-state index contributed by atoms with van der Waals surface area (Å²) in [5.41, 5.74) is 3.57. The third kappa shape index (κ3) is 1.67. The number of carbonyl (C=O) groups excluding carboxylic acids is 1. The molecular formula is C15H16ClNO. The summed E-state index contributed by atoms with van der Waals surface area (Å²) in [5.74, 6) is 0.186. The van der Waals surface area contributed by atoms with Crippen molar-refractivity contribution < 1.29 is 4.79 Å². The molecule has 0 spiro atoms. The molecule has 0 aliphatic heterocycles. The van der Waals surface area contributed by atoms with Crippen LogP contribution in [0.5, 0.6) is 0 Å². The molecule has 0 bridgehead atoms. The van der Waals surface area contributed by atoms with Gasteiger partial charge >= 0.3 is 0 Å². The largest absolute Gasteiger partial charge is 0.284 e. The third-order valence-electron chi connectivity index (χ3n) is 3.79. The second kappa shape index (κ2) is 4.43. The summed E-state index contributed by atoms with van der Waals surface area (Å²) in [4.78, 5) is 12.2. The molecule has 0 radical (unpaired) electrons. The minimum absolute atomic E-state index is 0.186. The number of benzene rings is 1. The number of hydrogen-bond donors (Lipinski definition) is 0. The number of hydrogen-bond acceptors (Lipinski definition) is 1. The van der Waals surface area contributed by atoms with Crippen molar-refractivity contribution in [3.63, 3.8) is 0 Å². The van der Waals surface area contributed by atoms with E-state index >= 15 is 0 Å². The number of fused-ring (bicyclic) bond motifs is 3. The first-order valence-corrected chi connectivity index (χ1v) is 6.95. The lowest BCUT2D eigenvalue weighted by Gasteiger charge is -2.14. The lowest BCUT2D eigenvalue weighted by Crippen LogP contribution is -2.15. The van der Waals surface area contributed by atoms with E-state index in [1.54, 1.807) is 0 Å². The maximum absolute atomic E-state index is 12.2. The average Bonchev–Trinajstić information content (AvgIpc) is 2.72. The minimum atomic E-state index is 0.186. The van der Waals surface area contributed by atoms with Crippen molar-refractivity contribution in [2.45, 2.75) is 39.0 Å². The van der Waals surface area contributed by atoms with Gasteiger partial charge in [-0.2, -0.15) is 0 Å². The van der Waals surface area contributed by atoms with Crippen molar-refractivity contribution in [1.82, 2.24) is 4.57 Å². The van der Waals surface area contributed by atoms with Gasteiger partial charge in [-0.25, -0.2) is 0 Å². The molecule has 3 heteroatoms. The Morgan fingerprint density at radius 1 is 1.33 bits per heavy atom. The fourth-order valence-electron chi connectivity index (χ4n) is 2.96. The predicted molar refractivity (Wildman–Crippen MR) is 74.5 cm³/mol. The van der Waals surface area contributed by atoms with Gasteiger partial charge in [-0.05, 0) is 49.4 Å². The molecule has 0 N–H and O–H groups in total. The van der Waals surface area contributed by atoms with Gasteiger partial charge in [0.15, 0.2) is 0 Å². The van der Waals surface area contributed by atoms with Crippen LogP contribution in [0.2, 0.25) is 5.02 Å². The highest BCUT2D eigenvalue weighted by Crippen LogP contribution is 2.33. The molecule has 2 aromatic rings. The molecule has 3 rings (SSSR count). The van der Waals surface area contributed by atoms with Crippen molar-refractivity contribution >= 4 is 28.4 Å². The fraction of sp³-hybridized carbons (Fsp3) is 0.400. The Morgan fingerprint density at radius 3 is 2.89 bits per heavy atom. The van der Waals surface area contributed by atoms with Crippen LogP contribution in [0.4, 0.5) is 0 Å². The Bertz CT molecular complexity index is 627. The van der Waals surface area contributed by atoms with E-state index in [-0.39, 0.29) is 5.91 Å². The zero-order valence-corrected chi connectivity index (χ0v) is 11.3. The van der Waals surface area contributed by atoms with Crippen LogP contribution in [0.1, 0.15) is 42.2 Å². The van der Waals surface area contributed by atoms with Crippen LogP contribution < -0.4 is 0 Å². The van der Waals surface area contributed by atoms with Crippen LogP contribution in [-0.2, 0) is 12.8 Å². The first kappa shape index (κ1) is 11.8. The number of halogens is 1. The van der Waals surface area contributed by atoms with E-state index in [0.717, 1.165) is 23.4 Å². The quantitative estimate of drug-likeness (QED) is 0.753. The molecule has 1 aliphatic rings. The van der Waals surface area contributed by atoms with Crippen LogP contribution in [0.15, 0.2) is 18.2 Å². The fourth-order valence-corrected chi connectivity index (χ4v) is 3.13. The van der Waals surface area contributed by atoms with Gasteiger partial charge in [0, 0.05) is 22.5 Å². The summed E-state index contributed by atoms with van der Waals surface area (Å²) in [5, 5.41) is 1.91.